The Labute approximate surface area is 153 Å². The van der Waals surface area contributed by atoms with Crippen molar-refractivity contribution in [3.8, 4) is 11.3 Å². The van der Waals surface area contributed by atoms with Crippen LogP contribution in [-0.2, 0) is 0 Å². The molecule has 0 bridgehead atoms. The van der Waals surface area contributed by atoms with Crippen molar-refractivity contribution in [3.63, 3.8) is 0 Å². The lowest BCUT2D eigenvalue weighted by Gasteiger charge is -1.96. The largest absolute Gasteiger partial charge is 0.457 e. The van der Waals surface area contributed by atoms with Crippen molar-refractivity contribution in [1.82, 2.24) is 14.6 Å². The third-order valence-corrected chi connectivity index (χ3v) is 5.00. The van der Waals surface area contributed by atoms with Crippen molar-refractivity contribution in [3.05, 3.63) is 77.6 Å². The molecule has 0 aliphatic rings. The van der Waals surface area contributed by atoms with Crippen LogP contribution >= 0.6 is 27.3 Å². The van der Waals surface area contributed by atoms with E-state index in [4.69, 9.17) is 4.42 Å². The molecule has 3 aromatic heterocycles. The Morgan fingerprint density at radius 1 is 1.24 bits per heavy atom. The second-order valence-corrected chi connectivity index (χ2v) is 7.25. The molecular formula is C17H10BrN3O3S. The zero-order chi connectivity index (χ0) is 17.6. The minimum atomic E-state index is -0.428. The monoisotopic (exact) mass is 415 g/mol. The first-order valence-electron chi connectivity index (χ1n) is 7.29. The molecule has 8 heteroatoms. The second kappa shape index (κ2) is 6.05. The molecule has 0 atom stereocenters. The van der Waals surface area contributed by atoms with Gasteiger partial charge in [-0.25, -0.2) is 0 Å². The molecule has 6 nitrogen and oxygen atoms in total. The molecule has 0 N–H and O–H groups in total. The van der Waals surface area contributed by atoms with Crippen LogP contribution in [0.5, 0.6) is 0 Å². The van der Waals surface area contributed by atoms with Crippen molar-refractivity contribution in [2.24, 2.45) is 0 Å². The highest BCUT2D eigenvalue weighted by Crippen LogP contribution is 2.25. The number of thiazole rings is 1. The molecule has 0 spiro atoms. The van der Waals surface area contributed by atoms with Crippen LogP contribution in [-0.4, -0.2) is 14.6 Å². The Kier molecular flexibility index (Phi) is 3.85. The summed E-state index contributed by atoms with van der Waals surface area (Å²) in [4.78, 5) is 28.1. The van der Waals surface area contributed by atoms with Crippen LogP contribution in [0.4, 0.5) is 0 Å². The van der Waals surface area contributed by atoms with Crippen molar-refractivity contribution in [1.29, 1.82) is 0 Å². The fourth-order valence-electron chi connectivity index (χ4n) is 2.34. The number of aryl methyl sites for hydroxylation is 1. The van der Waals surface area contributed by atoms with E-state index in [-0.39, 0.29) is 16.2 Å². The standard InChI is InChI=1S/C17H10BrN3O3S/c1-9-15(22)19-17-21(20-9)16(23)14(25-17)8-12-5-6-13(24-12)10-3-2-4-11(18)7-10/h2-8H,1H3. The Hall–Kier alpha value is -2.58. The summed E-state index contributed by atoms with van der Waals surface area (Å²) in [7, 11) is 0. The van der Waals surface area contributed by atoms with Gasteiger partial charge >= 0.3 is 0 Å². The van der Waals surface area contributed by atoms with Crippen LogP contribution < -0.4 is 15.7 Å². The summed E-state index contributed by atoms with van der Waals surface area (Å²) in [5.41, 5.74) is 0.365. The summed E-state index contributed by atoms with van der Waals surface area (Å²) in [6, 6.07) is 11.4. The van der Waals surface area contributed by atoms with E-state index in [1.807, 2.05) is 30.3 Å². The minimum Gasteiger partial charge on any atom is -0.457 e. The van der Waals surface area contributed by atoms with Gasteiger partial charge in [-0.15, -0.1) is 0 Å². The highest BCUT2D eigenvalue weighted by molar-refractivity contribution is 9.10. The second-order valence-electron chi connectivity index (χ2n) is 5.32. The number of fused-ring (bicyclic) bond motifs is 1. The van der Waals surface area contributed by atoms with Crippen molar-refractivity contribution >= 4 is 38.3 Å². The van der Waals surface area contributed by atoms with Crippen molar-refractivity contribution in [2.45, 2.75) is 6.92 Å². The summed E-state index contributed by atoms with van der Waals surface area (Å²) in [6.45, 7) is 1.53. The van der Waals surface area contributed by atoms with Gasteiger partial charge in [0, 0.05) is 16.1 Å². The molecule has 0 aliphatic carbocycles. The predicted octanol–water partition coefficient (Wildman–Crippen LogP) is 2.39. The van der Waals surface area contributed by atoms with Gasteiger partial charge in [0.15, 0.2) is 0 Å². The van der Waals surface area contributed by atoms with Gasteiger partial charge in [-0.3, -0.25) is 9.59 Å². The van der Waals surface area contributed by atoms with Crippen LogP contribution in [0.25, 0.3) is 22.4 Å². The lowest BCUT2D eigenvalue weighted by Crippen LogP contribution is -2.27. The van der Waals surface area contributed by atoms with E-state index in [0.717, 1.165) is 25.9 Å². The third kappa shape index (κ3) is 2.94. The van der Waals surface area contributed by atoms with Crippen LogP contribution in [0, 0.1) is 6.92 Å². The number of hydrogen-bond donors (Lipinski definition) is 0. The van der Waals surface area contributed by atoms with E-state index in [0.29, 0.717) is 16.1 Å². The third-order valence-electron chi connectivity index (χ3n) is 3.55. The lowest BCUT2D eigenvalue weighted by molar-refractivity contribution is 0.571. The first kappa shape index (κ1) is 15.9. The fourth-order valence-corrected chi connectivity index (χ4v) is 3.63. The summed E-state index contributed by atoms with van der Waals surface area (Å²) < 4.78 is 8.31. The van der Waals surface area contributed by atoms with E-state index in [1.165, 1.54) is 6.92 Å². The maximum atomic E-state index is 12.4. The van der Waals surface area contributed by atoms with E-state index in [2.05, 4.69) is 26.0 Å². The van der Waals surface area contributed by atoms with Gasteiger partial charge in [-0.1, -0.05) is 39.4 Å². The van der Waals surface area contributed by atoms with Gasteiger partial charge in [-0.2, -0.15) is 14.6 Å². The summed E-state index contributed by atoms with van der Waals surface area (Å²) in [6.07, 6.45) is 1.63. The number of nitrogens with zero attached hydrogens (tertiary/aromatic N) is 3. The molecule has 4 rings (SSSR count). The number of benzene rings is 1. The SMILES string of the molecule is Cc1nn2c(=O)c(=Cc3ccc(-c4cccc(Br)c4)o3)sc2nc1=O. The van der Waals surface area contributed by atoms with E-state index < -0.39 is 5.56 Å². The molecule has 1 aromatic carbocycles. The molecule has 3 heterocycles. The molecule has 0 radical (unpaired) electrons. The zero-order valence-corrected chi connectivity index (χ0v) is 15.3. The summed E-state index contributed by atoms with van der Waals surface area (Å²) in [5.74, 6) is 1.24. The molecule has 0 aliphatic heterocycles. The first-order valence-corrected chi connectivity index (χ1v) is 8.90. The van der Waals surface area contributed by atoms with Gasteiger partial charge in [0.25, 0.3) is 11.1 Å². The van der Waals surface area contributed by atoms with E-state index in [1.54, 1.807) is 12.1 Å². The van der Waals surface area contributed by atoms with Gasteiger partial charge < -0.3 is 4.42 Å². The Morgan fingerprint density at radius 2 is 2.08 bits per heavy atom. The van der Waals surface area contributed by atoms with Gasteiger partial charge in [0.1, 0.15) is 21.7 Å². The Balaban J connectivity index is 1.82. The van der Waals surface area contributed by atoms with Crippen molar-refractivity contribution < 1.29 is 4.42 Å². The van der Waals surface area contributed by atoms with Crippen LogP contribution in [0.3, 0.4) is 0 Å². The maximum Gasteiger partial charge on any atom is 0.295 e. The van der Waals surface area contributed by atoms with E-state index in [9.17, 15) is 9.59 Å². The number of furan rings is 1. The molecule has 0 fully saturated rings. The molecule has 0 amide bonds. The predicted molar refractivity (Wildman–Crippen MR) is 98.8 cm³/mol. The molecule has 124 valence electrons. The van der Waals surface area contributed by atoms with Gasteiger partial charge in [0.2, 0.25) is 4.96 Å². The van der Waals surface area contributed by atoms with E-state index >= 15 is 0 Å². The molecular weight excluding hydrogens is 406 g/mol. The smallest absolute Gasteiger partial charge is 0.295 e. The lowest BCUT2D eigenvalue weighted by atomic mass is 10.2. The average molecular weight is 416 g/mol. The summed E-state index contributed by atoms with van der Waals surface area (Å²) in [5, 5.41) is 3.98. The number of halogens is 1. The average Bonchev–Trinajstić information content (AvgIpc) is 3.15. The topological polar surface area (TPSA) is 77.5 Å². The number of rotatable bonds is 2. The van der Waals surface area contributed by atoms with Gasteiger partial charge in [-0.05, 0) is 31.2 Å². The minimum absolute atomic E-state index is 0.189. The number of hydrogen-bond acceptors (Lipinski definition) is 6. The van der Waals surface area contributed by atoms with Gasteiger partial charge in [0.05, 0.1) is 0 Å². The van der Waals surface area contributed by atoms with Crippen molar-refractivity contribution in [2.75, 3.05) is 0 Å². The summed E-state index contributed by atoms with van der Waals surface area (Å²) >= 11 is 4.53. The maximum absolute atomic E-state index is 12.4. The van der Waals surface area contributed by atoms with Crippen LogP contribution in [0.2, 0.25) is 0 Å². The molecule has 0 saturated heterocycles. The highest BCUT2D eigenvalue weighted by Gasteiger charge is 2.09. The molecule has 0 unspecified atom stereocenters. The van der Waals surface area contributed by atoms with Crippen LogP contribution in [0.1, 0.15) is 11.5 Å². The molecule has 25 heavy (non-hydrogen) atoms. The number of aromatic nitrogens is 3. The Morgan fingerprint density at radius 3 is 2.88 bits per heavy atom. The fraction of sp³-hybridized carbons (Fsp3) is 0.0588. The Bertz CT molecular complexity index is 1270. The van der Waals surface area contributed by atoms with Crippen LogP contribution in [0.15, 0.2) is 54.9 Å². The molecule has 4 aromatic rings. The normalized spacial score (nSPS) is 12.2. The molecule has 0 saturated carbocycles. The zero-order valence-electron chi connectivity index (χ0n) is 12.9. The quantitative estimate of drug-likeness (QED) is 0.502. The first-order chi connectivity index (χ1) is 12.0. The highest BCUT2D eigenvalue weighted by atomic mass is 79.9.